The van der Waals surface area contributed by atoms with Crippen molar-refractivity contribution in [3.63, 3.8) is 0 Å². The van der Waals surface area contributed by atoms with Crippen molar-refractivity contribution in [1.29, 1.82) is 0 Å². The molecule has 1 atom stereocenters. The number of rotatable bonds is 3. The summed E-state index contributed by atoms with van der Waals surface area (Å²) in [4.78, 5) is 13.7. The highest BCUT2D eigenvalue weighted by molar-refractivity contribution is 5.31. The van der Waals surface area contributed by atoms with E-state index in [4.69, 9.17) is 0 Å². The average molecular weight is 234 g/mol. The standard InChI is InChI=1S/C13H22N4/c1-4-11(2)12-5-6-14-13(15-12)17-9-7-16(3)8-10-17/h5-6,11H,4,7-10H2,1-3H3. The highest BCUT2D eigenvalue weighted by Gasteiger charge is 2.17. The minimum Gasteiger partial charge on any atom is -0.338 e. The molecule has 1 aromatic heterocycles. The molecular weight excluding hydrogens is 212 g/mol. The number of hydrogen-bond acceptors (Lipinski definition) is 4. The normalized spacial score (nSPS) is 19.4. The summed E-state index contributed by atoms with van der Waals surface area (Å²) in [5, 5.41) is 0. The van der Waals surface area contributed by atoms with E-state index in [-0.39, 0.29) is 0 Å². The smallest absolute Gasteiger partial charge is 0.225 e. The lowest BCUT2D eigenvalue weighted by Gasteiger charge is -2.32. The van der Waals surface area contributed by atoms with Crippen LogP contribution in [0.5, 0.6) is 0 Å². The van der Waals surface area contributed by atoms with Crippen molar-refractivity contribution in [2.75, 3.05) is 38.1 Å². The molecule has 1 unspecified atom stereocenters. The Kier molecular flexibility index (Phi) is 3.94. The van der Waals surface area contributed by atoms with E-state index in [1.807, 2.05) is 12.3 Å². The van der Waals surface area contributed by atoms with Crippen molar-refractivity contribution in [2.24, 2.45) is 0 Å². The van der Waals surface area contributed by atoms with Gasteiger partial charge in [-0.05, 0) is 25.5 Å². The maximum atomic E-state index is 4.69. The molecular formula is C13H22N4. The number of hydrogen-bond donors (Lipinski definition) is 0. The van der Waals surface area contributed by atoms with Crippen LogP contribution in [-0.4, -0.2) is 48.1 Å². The van der Waals surface area contributed by atoms with Crippen molar-refractivity contribution < 1.29 is 0 Å². The van der Waals surface area contributed by atoms with Crippen LogP contribution in [0.3, 0.4) is 0 Å². The SMILES string of the molecule is CCC(C)c1ccnc(N2CCN(C)CC2)n1. The second kappa shape index (κ2) is 5.45. The van der Waals surface area contributed by atoms with E-state index in [9.17, 15) is 0 Å². The summed E-state index contributed by atoms with van der Waals surface area (Å²) in [5.74, 6) is 1.42. The molecule has 2 heterocycles. The third-order valence-corrected chi connectivity index (χ3v) is 3.57. The number of anilines is 1. The molecule has 1 aromatic rings. The molecule has 0 radical (unpaired) electrons. The zero-order valence-electron chi connectivity index (χ0n) is 11.1. The van der Waals surface area contributed by atoms with Gasteiger partial charge in [-0.25, -0.2) is 9.97 Å². The molecule has 4 nitrogen and oxygen atoms in total. The maximum Gasteiger partial charge on any atom is 0.225 e. The fourth-order valence-electron chi connectivity index (χ4n) is 2.00. The van der Waals surface area contributed by atoms with Crippen molar-refractivity contribution in [2.45, 2.75) is 26.2 Å². The topological polar surface area (TPSA) is 32.3 Å². The van der Waals surface area contributed by atoms with Gasteiger partial charge in [-0.1, -0.05) is 13.8 Å². The molecule has 0 aliphatic carbocycles. The Balaban J connectivity index is 2.10. The summed E-state index contributed by atoms with van der Waals surface area (Å²) < 4.78 is 0. The molecule has 17 heavy (non-hydrogen) atoms. The fraction of sp³-hybridized carbons (Fsp3) is 0.692. The van der Waals surface area contributed by atoms with Crippen LogP contribution in [0, 0.1) is 0 Å². The van der Waals surface area contributed by atoms with E-state index in [2.05, 4.69) is 40.7 Å². The van der Waals surface area contributed by atoms with E-state index in [1.165, 1.54) is 0 Å². The summed E-state index contributed by atoms with van der Waals surface area (Å²) in [6.07, 6.45) is 3.02. The van der Waals surface area contributed by atoms with Gasteiger partial charge in [0, 0.05) is 38.1 Å². The summed E-state index contributed by atoms with van der Waals surface area (Å²) >= 11 is 0. The third-order valence-electron chi connectivity index (χ3n) is 3.57. The molecule has 1 fully saturated rings. The molecule has 0 aromatic carbocycles. The first-order chi connectivity index (χ1) is 8.20. The number of nitrogens with zero attached hydrogens (tertiary/aromatic N) is 4. The number of likely N-dealkylation sites (N-methyl/N-ethyl adjacent to an activating group) is 1. The molecule has 0 spiro atoms. The third kappa shape index (κ3) is 2.94. The van der Waals surface area contributed by atoms with E-state index < -0.39 is 0 Å². The minimum absolute atomic E-state index is 0.518. The lowest BCUT2D eigenvalue weighted by atomic mass is 10.1. The van der Waals surface area contributed by atoms with Crippen LogP contribution < -0.4 is 4.90 Å². The Morgan fingerprint density at radius 2 is 2.00 bits per heavy atom. The number of aromatic nitrogens is 2. The quantitative estimate of drug-likeness (QED) is 0.797. The van der Waals surface area contributed by atoms with Gasteiger partial charge in [-0.2, -0.15) is 0 Å². The lowest BCUT2D eigenvalue weighted by Crippen LogP contribution is -2.45. The van der Waals surface area contributed by atoms with Gasteiger partial charge >= 0.3 is 0 Å². The first kappa shape index (κ1) is 12.3. The van der Waals surface area contributed by atoms with Crippen LogP contribution in [-0.2, 0) is 0 Å². The first-order valence-corrected chi connectivity index (χ1v) is 6.47. The van der Waals surface area contributed by atoms with E-state index in [0.717, 1.165) is 44.2 Å². The van der Waals surface area contributed by atoms with Gasteiger partial charge in [0.1, 0.15) is 0 Å². The largest absolute Gasteiger partial charge is 0.338 e. The molecule has 0 N–H and O–H groups in total. The highest BCUT2D eigenvalue weighted by Crippen LogP contribution is 2.18. The van der Waals surface area contributed by atoms with Gasteiger partial charge < -0.3 is 9.80 Å². The Morgan fingerprint density at radius 3 is 2.65 bits per heavy atom. The van der Waals surface area contributed by atoms with E-state index in [0.29, 0.717) is 5.92 Å². The molecule has 0 saturated carbocycles. The monoisotopic (exact) mass is 234 g/mol. The number of piperazine rings is 1. The van der Waals surface area contributed by atoms with Gasteiger partial charge in [-0.15, -0.1) is 0 Å². The minimum atomic E-state index is 0.518. The predicted octanol–water partition coefficient (Wildman–Crippen LogP) is 1.74. The second-order valence-electron chi connectivity index (χ2n) is 4.88. The molecule has 4 heteroatoms. The fourth-order valence-corrected chi connectivity index (χ4v) is 2.00. The summed E-state index contributed by atoms with van der Waals surface area (Å²) in [7, 11) is 2.16. The van der Waals surface area contributed by atoms with Crippen molar-refractivity contribution in [3.8, 4) is 0 Å². The van der Waals surface area contributed by atoms with Crippen LogP contribution in [0.2, 0.25) is 0 Å². The zero-order valence-corrected chi connectivity index (χ0v) is 11.1. The molecule has 94 valence electrons. The average Bonchev–Trinajstić information content (AvgIpc) is 2.39. The first-order valence-electron chi connectivity index (χ1n) is 6.47. The van der Waals surface area contributed by atoms with Gasteiger partial charge in [0.2, 0.25) is 5.95 Å². The lowest BCUT2D eigenvalue weighted by molar-refractivity contribution is 0.311. The summed E-state index contributed by atoms with van der Waals surface area (Å²) in [6.45, 7) is 8.66. The van der Waals surface area contributed by atoms with E-state index >= 15 is 0 Å². The van der Waals surface area contributed by atoms with Crippen LogP contribution in [0.1, 0.15) is 31.9 Å². The maximum absolute atomic E-state index is 4.69. The summed E-state index contributed by atoms with van der Waals surface area (Å²) in [6, 6.07) is 2.04. The van der Waals surface area contributed by atoms with Crippen LogP contribution >= 0.6 is 0 Å². The molecule has 1 saturated heterocycles. The Hall–Kier alpha value is -1.16. The van der Waals surface area contributed by atoms with Crippen LogP contribution in [0.4, 0.5) is 5.95 Å². The van der Waals surface area contributed by atoms with Gasteiger partial charge in [0.25, 0.3) is 0 Å². The molecule has 1 aliphatic rings. The molecule has 0 bridgehead atoms. The Bertz CT molecular complexity index is 358. The molecule has 1 aliphatic heterocycles. The highest BCUT2D eigenvalue weighted by atomic mass is 15.3. The van der Waals surface area contributed by atoms with Crippen LogP contribution in [0.15, 0.2) is 12.3 Å². The van der Waals surface area contributed by atoms with Crippen molar-refractivity contribution >= 4 is 5.95 Å². The molecule has 2 rings (SSSR count). The predicted molar refractivity (Wildman–Crippen MR) is 70.4 cm³/mol. The zero-order chi connectivity index (χ0) is 12.3. The second-order valence-corrected chi connectivity index (χ2v) is 4.88. The van der Waals surface area contributed by atoms with Gasteiger partial charge in [0.15, 0.2) is 0 Å². The molecule has 0 amide bonds. The van der Waals surface area contributed by atoms with Crippen molar-refractivity contribution in [1.82, 2.24) is 14.9 Å². The van der Waals surface area contributed by atoms with Gasteiger partial charge in [-0.3, -0.25) is 0 Å². The van der Waals surface area contributed by atoms with Gasteiger partial charge in [0.05, 0.1) is 0 Å². The van der Waals surface area contributed by atoms with Crippen molar-refractivity contribution in [3.05, 3.63) is 18.0 Å². The van der Waals surface area contributed by atoms with Crippen LogP contribution in [0.25, 0.3) is 0 Å². The summed E-state index contributed by atoms with van der Waals surface area (Å²) in [5.41, 5.74) is 1.16. The Labute approximate surface area is 104 Å². The van der Waals surface area contributed by atoms with E-state index in [1.54, 1.807) is 0 Å². The Morgan fingerprint density at radius 1 is 1.29 bits per heavy atom.